The molecule has 6 heteroatoms. The average molecular weight is 446 g/mol. The molecule has 31 heavy (non-hydrogen) atoms. The van der Waals surface area contributed by atoms with E-state index in [1.54, 1.807) is 0 Å². The van der Waals surface area contributed by atoms with E-state index in [0.29, 0.717) is 39.2 Å². The Bertz CT molecular complexity index is 372. The Balaban J connectivity index is 3.96. The number of carbonyl (C=O) groups is 1. The predicted molar refractivity (Wildman–Crippen MR) is 127 cm³/mol. The van der Waals surface area contributed by atoms with Crippen LogP contribution < -0.4 is 5.32 Å². The molecule has 0 aromatic rings. The van der Waals surface area contributed by atoms with Crippen molar-refractivity contribution >= 4 is 5.97 Å². The molecule has 0 bridgehead atoms. The molecule has 2 N–H and O–H groups in total. The highest BCUT2D eigenvalue weighted by atomic mass is 16.7. The molecule has 0 heterocycles. The average Bonchev–Trinajstić information content (AvgIpc) is 2.71. The minimum Gasteiger partial charge on any atom is -0.465 e. The molecule has 0 aromatic heterocycles. The second-order valence-electron chi connectivity index (χ2n) is 9.24. The molecule has 0 atom stereocenters. The zero-order chi connectivity index (χ0) is 23.2. The van der Waals surface area contributed by atoms with Crippen molar-refractivity contribution in [3.63, 3.8) is 0 Å². The van der Waals surface area contributed by atoms with E-state index in [4.69, 9.17) is 19.3 Å². The Morgan fingerprint density at radius 3 is 1.90 bits per heavy atom. The second-order valence-corrected chi connectivity index (χ2v) is 9.24. The van der Waals surface area contributed by atoms with Crippen molar-refractivity contribution in [2.24, 2.45) is 11.8 Å². The number of aliphatic hydroxyl groups excluding tert-OH is 1. The van der Waals surface area contributed by atoms with Gasteiger partial charge in [0.25, 0.3) is 0 Å². The fraction of sp³-hybridized carbons (Fsp3) is 0.960. The van der Waals surface area contributed by atoms with Crippen LogP contribution in [-0.2, 0) is 19.0 Å². The largest absolute Gasteiger partial charge is 0.465 e. The quantitative estimate of drug-likeness (QED) is 0.130. The fourth-order valence-electron chi connectivity index (χ4n) is 3.19. The molecule has 0 aromatic carbocycles. The van der Waals surface area contributed by atoms with Gasteiger partial charge in [-0.1, -0.05) is 59.8 Å². The van der Waals surface area contributed by atoms with Crippen LogP contribution in [-0.4, -0.2) is 56.9 Å². The second kappa shape index (κ2) is 22.5. The first-order valence-corrected chi connectivity index (χ1v) is 12.7. The summed E-state index contributed by atoms with van der Waals surface area (Å²) in [6.07, 6.45) is 10.4. The van der Waals surface area contributed by atoms with Crippen molar-refractivity contribution in [2.45, 2.75) is 105 Å². The Kier molecular flexibility index (Phi) is 22.0. The van der Waals surface area contributed by atoms with Gasteiger partial charge in [-0.3, -0.25) is 4.79 Å². The molecule has 186 valence electrons. The minimum absolute atomic E-state index is 0.143. The summed E-state index contributed by atoms with van der Waals surface area (Å²) in [5.41, 5.74) is 0. The Morgan fingerprint density at radius 1 is 0.742 bits per heavy atom. The van der Waals surface area contributed by atoms with Crippen LogP contribution in [0.4, 0.5) is 0 Å². The zero-order valence-corrected chi connectivity index (χ0v) is 20.8. The molecule has 0 radical (unpaired) electrons. The number of rotatable bonds is 23. The number of nitrogens with one attached hydrogen (secondary N) is 1. The predicted octanol–water partition coefficient (Wildman–Crippen LogP) is 5.07. The van der Waals surface area contributed by atoms with E-state index in [1.807, 2.05) is 0 Å². The van der Waals surface area contributed by atoms with Crippen LogP contribution in [0.2, 0.25) is 0 Å². The van der Waals surface area contributed by atoms with Crippen molar-refractivity contribution < 1.29 is 24.1 Å². The molecule has 0 aliphatic carbocycles. The molecule has 0 fully saturated rings. The monoisotopic (exact) mass is 445 g/mol. The third-order valence-corrected chi connectivity index (χ3v) is 5.10. The van der Waals surface area contributed by atoms with Crippen molar-refractivity contribution in [1.29, 1.82) is 0 Å². The number of ether oxygens (including phenoxy) is 3. The van der Waals surface area contributed by atoms with E-state index in [2.05, 4.69) is 33.0 Å². The van der Waals surface area contributed by atoms with Gasteiger partial charge in [0.2, 0.25) is 0 Å². The van der Waals surface area contributed by atoms with E-state index >= 15 is 0 Å². The number of carbonyl (C=O) groups excluding carboxylic acids is 1. The maximum Gasteiger partial charge on any atom is 0.305 e. The molecule has 0 saturated heterocycles. The van der Waals surface area contributed by atoms with E-state index in [1.165, 1.54) is 25.7 Å². The number of hydrogen-bond donors (Lipinski definition) is 2. The van der Waals surface area contributed by atoms with E-state index in [-0.39, 0.29) is 18.9 Å². The van der Waals surface area contributed by atoms with E-state index in [9.17, 15) is 4.79 Å². The number of unbranched alkanes of at least 4 members (excludes halogenated alkanes) is 4. The molecular weight excluding hydrogens is 394 g/mol. The zero-order valence-electron chi connectivity index (χ0n) is 20.8. The lowest BCUT2D eigenvalue weighted by Crippen LogP contribution is -2.22. The summed E-state index contributed by atoms with van der Waals surface area (Å²) in [7, 11) is 0. The van der Waals surface area contributed by atoms with E-state index < -0.39 is 0 Å². The Morgan fingerprint density at radius 2 is 1.35 bits per heavy atom. The summed E-state index contributed by atoms with van der Waals surface area (Å²) < 4.78 is 17.3. The number of hydrogen-bond acceptors (Lipinski definition) is 6. The van der Waals surface area contributed by atoms with Crippen molar-refractivity contribution in [2.75, 3.05) is 39.5 Å². The Labute approximate surface area is 191 Å². The SMILES string of the molecule is CC(C)CCCCOC(CCOC(=O)CCCCCNCCO)OCCCCC(C)C. The molecule has 0 spiro atoms. The van der Waals surface area contributed by atoms with Crippen LogP contribution in [0.3, 0.4) is 0 Å². The third-order valence-electron chi connectivity index (χ3n) is 5.10. The first kappa shape index (κ1) is 30.3. The Hall–Kier alpha value is -0.690. The van der Waals surface area contributed by atoms with Crippen LogP contribution in [0.1, 0.15) is 98.3 Å². The van der Waals surface area contributed by atoms with Crippen LogP contribution in [0, 0.1) is 11.8 Å². The lowest BCUT2D eigenvalue weighted by molar-refractivity contribution is -0.161. The normalized spacial score (nSPS) is 11.7. The summed E-state index contributed by atoms with van der Waals surface area (Å²) in [4.78, 5) is 11.9. The standard InChI is InChI=1S/C25H51NO5/c1-22(2)12-7-10-19-30-25(31-20-11-8-13-23(3)4)15-21-29-24(28)14-6-5-9-16-26-17-18-27/h22-23,25-27H,5-21H2,1-4H3. The van der Waals surface area contributed by atoms with Crippen molar-refractivity contribution in [3.05, 3.63) is 0 Å². The summed E-state index contributed by atoms with van der Waals surface area (Å²) in [5, 5.41) is 11.8. The minimum atomic E-state index is -0.288. The van der Waals surface area contributed by atoms with Gasteiger partial charge in [0.15, 0.2) is 6.29 Å². The van der Waals surface area contributed by atoms with Crippen molar-refractivity contribution in [1.82, 2.24) is 5.32 Å². The maximum absolute atomic E-state index is 11.9. The first-order valence-electron chi connectivity index (χ1n) is 12.7. The first-order chi connectivity index (χ1) is 15.0. The van der Waals surface area contributed by atoms with Gasteiger partial charge in [0.05, 0.1) is 13.2 Å². The molecular formula is C25H51NO5. The molecule has 0 saturated carbocycles. The van der Waals surface area contributed by atoms with Crippen LogP contribution >= 0.6 is 0 Å². The molecule has 0 unspecified atom stereocenters. The lowest BCUT2D eigenvalue weighted by Gasteiger charge is -2.19. The van der Waals surface area contributed by atoms with Crippen LogP contribution in [0.25, 0.3) is 0 Å². The molecule has 0 aliphatic heterocycles. The van der Waals surface area contributed by atoms with Gasteiger partial charge in [0.1, 0.15) is 0 Å². The molecule has 0 amide bonds. The van der Waals surface area contributed by atoms with Gasteiger partial charge in [0, 0.05) is 32.6 Å². The topological polar surface area (TPSA) is 77.0 Å². The number of esters is 1. The summed E-state index contributed by atoms with van der Waals surface area (Å²) in [5.74, 6) is 1.31. The van der Waals surface area contributed by atoms with E-state index in [0.717, 1.165) is 50.5 Å². The molecule has 0 rings (SSSR count). The summed E-state index contributed by atoms with van der Waals surface area (Å²) in [6.45, 7) is 12.4. The summed E-state index contributed by atoms with van der Waals surface area (Å²) in [6, 6.07) is 0. The smallest absolute Gasteiger partial charge is 0.305 e. The molecule has 6 nitrogen and oxygen atoms in total. The highest BCUT2D eigenvalue weighted by molar-refractivity contribution is 5.69. The van der Waals surface area contributed by atoms with Crippen LogP contribution in [0.5, 0.6) is 0 Å². The van der Waals surface area contributed by atoms with Gasteiger partial charge in [-0.25, -0.2) is 0 Å². The van der Waals surface area contributed by atoms with Gasteiger partial charge < -0.3 is 24.6 Å². The number of aliphatic hydroxyl groups is 1. The van der Waals surface area contributed by atoms with Gasteiger partial charge >= 0.3 is 5.97 Å². The van der Waals surface area contributed by atoms with Gasteiger partial charge in [-0.05, 0) is 44.1 Å². The van der Waals surface area contributed by atoms with Gasteiger partial charge in [-0.2, -0.15) is 0 Å². The third kappa shape index (κ3) is 23.8. The fourth-order valence-corrected chi connectivity index (χ4v) is 3.19. The highest BCUT2D eigenvalue weighted by Gasteiger charge is 2.12. The molecule has 0 aliphatic rings. The van der Waals surface area contributed by atoms with Crippen LogP contribution in [0.15, 0.2) is 0 Å². The lowest BCUT2D eigenvalue weighted by atomic mass is 10.1. The van der Waals surface area contributed by atoms with Gasteiger partial charge in [-0.15, -0.1) is 0 Å². The van der Waals surface area contributed by atoms with Crippen molar-refractivity contribution in [3.8, 4) is 0 Å². The summed E-state index contributed by atoms with van der Waals surface area (Å²) >= 11 is 0. The maximum atomic E-state index is 11.9. The highest BCUT2D eigenvalue weighted by Crippen LogP contribution is 2.11.